The van der Waals surface area contributed by atoms with Crippen LogP contribution in [0.1, 0.15) is 17.3 Å². The van der Waals surface area contributed by atoms with Gasteiger partial charge in [-0.05, 0) is 18.2 Å². The maximum atomic E-state index is 12.5. The van der Waals surface area contributed by atoms with Crippen molar-refractivity contribution in [2.75, 3.05) is 31.7 Å². The standard InChI is InChI=1S/C14H18N2O4/c1-10(18)15-12-4-2-3-11(7-12)14(19)16-5-6-20-9-13(16)8-17/h2-4,7,13,17H,5-6,8-9H2,1H3,(H,15,18). The summed E-state index contributed by atoms with van der Waals surface area (Å²) in [5.41, 5.74) is 1.06. The lowest BCUT2D eigenvalue weighted by Gasteiger charge is -2.34. The summed E-state index contributed by atoms with van der Waals surface area (Å²) in [5, 5.41) is 11.9. The molecule has 2 rings (SSSR count). The predicted octanol–water partition coefficient (Wildman–Crippen LogP) is 0.478. The molecule has 0 radical (unpaired) electrons. The molecule has 6 nitrogen and oxygen atoms in total. The number of benzene rings is 1. The number of morpholine rings is 1. The number of ether oxygens (including phenoxy) is 1. The Morgan fingerprint density at radius 2 is 2.30 bits per heavy atom. The number of aliphatic hydroxyl groups excluding tert-OH is 1. The highest BCUT2D eigenvalue weighted by molar-refractivity contribution is 5.97. The van der Waals surface area contributed by atoms with E-state index in [1.54, 1.807) is 29.2 Å². The molecule has 2 amide bonds. The number of nitrogens with zero attached hydrogens (tertiary/aromatic N) is 1. The third-order valence-corrected chi connectivity index (χ3v) is 3.13. The highest BCUT2D eigenvalue weighted by Gasteiger charge is 2.27. The van der Waals surface area contributed by atoms with Gasteiger partial charge in [0.05, 0.1) is 25.9 Å². The lowest BCUT2D eigenvalue weighted by Crippen LogP contribution is -2.50. The summed E-state index contributed by atoms with van der Waals surface area (Å²) in [6, 6.07) is 6.44. The first kappa shape index (κ1) is 14.5. The molecule has 2 N–H and O–H groups in total. The SMILES string of the molecule is CC(=O)Nc1cccc(C(=O)N2CCOCC2CO)c1. The average molecular weight is 278 g/mol. The van der Waals surface area contributed by atoms with Gasteiger partial charge in [-0.3, -0.25) is 9.59 Å². The Kier molecular flexibility index (Phi) is 4.70. The molecular formula is C14H18N2O4. The Hall–Kier alpha value is -1.92. The molecule has 1 fully saturated rings. The van der Waals surface area contributed by atoms with Crippen LogP contribution in [0.25, 0.3) is 0 Å². The number of hydrogen-bond donors (Lipinski definition) is 2. The molecule has 0 bridgehead atoms. The van der Waals surface area contributed by atoms with Gasteiger partial charge >= 0.3 is 0 Å². The van der Waals surface area contributed by atoms with Gasteiger partial charge in [0.2, 0.25) is 5.91 Å². The Bertz CT molecular complexity index is 504. The van der Waals surface area contributed by atoms with Gasteiger partial charge in [-0.25, -0.2) is 0 Å². The summed E-state index contributed by atoms with van der Waals surface area (Å²) in [6.45, 7) is 2.55. The van der Waals surface area contributed by atoms with Crippen molar-refractivity contribution in [2.24, 2.45) is 0 Å². The lowest BCUT2D eigenvalue weighted by atomic mass is 10.1. The van der Waals surface area contributed by atoms with Crippen LogP contribution in [0, 0.1) is 0 Å². The first-order chi connectivity index (χ1) is 9.61. The zero-order valence-electron chi connectivity index (χ0n) is 11.3. The van der Waals surface area contributed by atoms with Gasteiger partial charge in [-0.1, -0.05) is 6.07 Å². The molecular weight excluding hydrogens is 260 g/mol. The molecule has 0 saturated carbocycles. The Labute approximate surface area is 117 Å². The van der Waals surface area contributed by atoms with Crippen LogP contribution < -0.4 is 5.32 Å². The van der Waals surface area contributed by atoms with Crippen molar-refractivity contribution >= 4 is 17.5 Å². The summed E-state index contributed by atoms with van der Waals surface area (Å²) in [4.78, 5) is 25.1. The molecule has 0 aromatic heterocycles. The van der Waals surface area contributed by atoms with Crippen LogP contribution in [0.15, 0.2) is 24.3 Å². The van der Waals surface area contributed by atoms with Crippen LogP contribution in [0.5, 0.6) is 0 Å². The molecule has 1 aliphatic rings. The van der Waals surface area contributed by atoms with Gasteiger partial charge in [-0.15, -0.1) is 0 Å². The molecule has 20 heavy (non-hydrogen) atoms. The van der Waals surface area contributed by atoms with E-state index in [0.29, 0.717) is 31.0 Å². The summed E-state index contributed by atoms with van der Waals surface area (Å²) < 4.78 is 5.25. The zero-order valence-corrected chi connectivity index (χ0v) is 11.3. The molecule has 1 saturated heterocycles. The van der Waals surface area contributed by atoms with Gasteiger partial charge in [0.15, 0.2) is 0 Å². The number of anilines is 1. The number of rotatable bonds is 3. The third kappa shape index (κ3) is 3.34. The summed E-state index contributed by atoms with van der Waals surface area (Å²) in [5.74, 6) is -0.353. The van der Waals surface area contributed by atoms with Gasteiger partial charge < -0.3 is 20.1 Å². The largest absolute Gasteiger partial charge is 0.394 e. The topological polar surface area (TPSA) is 78.9 Å². The zero-order chi connectivity index (χ0) is 14.5. The van der Waals surface area contributed by atoms with Crippen molar-refractivity contribution in [1.82, 2.24) is 4.90 Å². The normalized spacial score (nSPS) is 18.7. The first-order valence-corrected chi connectivity index (χ1v) is 6.49. The van der Waals surface area contributed by atoms with Crippen LogP contribution >= 0.6 is 0 Å². The maximum absolute atomic E-state index is 12.5. The number of hydrogen-bond acceptors (Lipinski definition) is 4. The Balaban J connectivity index is 2.17. The molecule has 0 spiro atoms. The van der Waals surface area contributed by atoms with E-state index in [4.69, 9.17) is 4.74 Å². The predicted molar refractivity (Wildman–Crippen MR) is 73.5 cm³/mol. The second-order valence-electron chi connectivity index (χ2n) is 4.67. The second kappa shape index (κ2) is 6.49. The first-order valence-electron chi connectivity index (χ1n) is 6.49. The fraction of sp³-hybridized carbons (Fsp3) is 0.429. The Morgan fingerprint density at radius 3 is 3.00 bits per heavy atom. The molecule has 0 aliphatic carbocycles. The molecule has 1 aromatic carbocycles. The maximum Gasteiger partial charge on any atom is 0.254 e. The van der Waals surface area contributed by atoms with E-state index in [1.807, 2.05) is 0 Å². The van der Waals surface area contributed by atoms with Crippen molar-refractivity contribution in [1.29, 1.82) is 0 Å². The molecule has 6 heteroatoms. The third-order valence-electron chi connectivity index (χ3n) is 3.13. The van der Waals surface area contributed by atoms with E-state index in [9.17, 15) is 14.7 Å². The van der Waals surface area contributed by atoms with Gasteiger partial charge in [-0.2, -0.15) is 0 Å². The fourth-order valence-corrected chi connectivity index (χ4v) is 2.17. The van der Waals surface area contributed by atoms with E-state index in [0.717, 1.165) is 0 Å². The molecule has 1 unspecified atom stereocenters. The fourth-order valence-electron chi connectivity index (χ4n) is 2.17. The number of amides is 2. The number of nitrogens with one attached hydrogen (secondary N) is 1. The van der Waals surface area contributed by atoms with E-state index in [-0.39, 0.29) is 24.5 Å². The van der Waals surface area contributed by atoms with E-state index in [1.165, 1.54) is 6.92 Å². The monoisotopic (exact) mass is 278 g/mol. The summed E-state index contributed by atoms with van der Waals surface area (Å²) >= 11 is 0. The molecule has 1 atom stereocenters. The van der Waals surface area contributed by atoms with Gasteiger partial charge in [0.25, 0.3) is 5.91 Å². The quantitative estimate of drug-likeness (QED) is 0.843. The highest BCUT2D eigenvalue weighted by Crippen LogP contribution is 2.16. The minimum absolute atomic E-state index is 0.128. The van der Waals surface area contributed by atoms with E-state index < -0.39 is 0 Å². The number of carbonyl (C=O) groups excluding carboxylic acids is 2. The van der Waals surface area contributed by atoms with Gasteiger partial charge in [0.1, 0.15) is 0 Å². The van der Waals surface area contributed by atoms with Crippen LogP contribution in [0.2, 0.25) is 0 Å². The van der Waals surface area contributed by atoms with E-state index >= 15 is 0 Å². The van der Waals surface area contributed by atoms with Crippen LogP contribution in [0.3, 0.4) is 0 Å². The van der Waals surface area contributed by atoms with Crippen LogP contribution in [-0.2, 0) is 9.53 Å². The summed E-state index contributed by atoms with van der Waals surface area (Å²) in [6.07, 6.45) is 0. The highest BCUT2D eigenvalue weighted by atomic mass is 16.5. The lowest BCUT2D eigenvalue weighted by molar-refractivity contribution is -0.114. The number of carbonyl (C=O) groups is 2. The molecule has 108 valence electrons. The van der Waals surface area contributed by atoms with Crippen molar-refractivity contribution in [3.05, 3.63) is 29.8 Å². The Morgan fingerprint density at radius 1 is 1.50 bits per heavy atom. The smallest absolute Gasteiger partial charge is 0.254 e. The molecule has 1 heterocycles. The van der Waals surface area contributed by atoms with Crippen LogP contribution in [0.4, 0.5) is 5.69 Å². The summed E-state index contributed by atoms with van der Waals surface area (Å²) in [7, 11) is 0. The van der Waals surface area contributed by atoms with Gasteiger partial charge in [0, 0.05) is 24.7 Å². The van der Waals surface area contributed by atoms with E-state index in [2.05, 4.69) is 5.32 Å². The average Bonchev–Trinajstić information content (AvgIpc) is 2.46. The van der Waals surface area contributed by atoms with Crippen molar-refractivity contribution in [3.8, 4) is 0 Å². The second-order valence-corrected chi connectivity index (χ2v) is 4.67. The minimum atomic E-state index is -0.319. The molecule has 1 aliphatic heterocycles. The van der Waals surface area contributed by atoms with Crippen LogP contribution in [-0.4, -0.2) is 54.2 Å². The molecule has 1 aromatic rings. The van der Waals surface area contributed by atoms with Crippen molar-refractivity contribution in [3.63, 3.8) is 0 Å². The van der Waals surface area contributed by atoms with Crippen molar-refractivity contribution < 1.29 is 19.4 Å². The van der Waals surface area contributed by atoms with Crippen molar-refractivity contribution in [2.45, 2.75) is 13.0 Å². The minimum Gasteiger partial charge on any atom is -0.394 e. The number of aliphatic hydroxyl groups is 1.